The van der Waals surface area contributed by atoms with Crippen molar-refractivity contribution in [3.05, 3.63) is 45.3 Å². The van der Waals surface area contributed by atoms with E-state index in [1.807, 2.05) is 30.3 Å². The van der Waals surface area contributed by atoms with Crippen molar-refractivity contribution in [2.24, 2.45) is 0 Å². The molecular formula is C13H8BrN5OS. The zero-order valence-electron chi connectivity index (χ0n) is 10.6. The summed E-state index contributed by atoms with van der Waals surface area (Å²) in [6.45, 7) is 0. The molecule has 21 heavy (non-hydrogen) atoms. The number of nitrogens with zero attached hydrogens (tertiary/aromatic N) is 4. The van der Waals surface area contributed by atoms with Crippen LogP contribution in [0.3, 0.4) is 0 Å². The van der Waals surface area contributed by atoms with Crippen LogP contribution in [0.1, 0.15) is 0 Å². The van der Waals surface area contributed by atoms with E-state index in [1.54, 1.807) is 0 Å². The molecule has 3 aromatic rings. The topological polar surface area (TPSA) is 87.4 Å². The predicted octanol–water partition coefficient (Wildman–Crippen LogP) is 2.49. The Balaban J connectivity index is 2.33. The summed E-state index contributed by atoms with van der Waals surface area (Å²) in [6, 6.07) is 9.41. The van der Waals surface area contributed by atoms with E-state index in [-0.39, 0.29) is 11.3 Å². The van der Waals surface area contributed by atoms with Crippen LogP contribution in [0.25, 0.3) is 16.7 Å². The third-order valence-corrected chi connectivity index (χ3v) is 4.29. The van der Waals surface area contributed by atoms with E-state index >= 15 is 0 Å². The standard InChI is InChI=1S/C13H8BrN5OS/c14-9-3-1-2-4-10(9)19-12(20)8-7-16-18-11(8)17-13(19)21-6-5-15/h1-4,7H,6H2,(H,16,18). The number of nitriles is 1. The third kappa shape index (κ3) is 2.46. The number of thioether (sulfide) groups is 1. The maximum atomic E-state index is 12.7. The molecule has 0 spiro atoms. The molecule has 3 rings (SSSR count). The highest BCUT2D eigenvalue weighted by Crippen LogP contribution is 2.25. The van der Waals surface area contributed by atoms with Crippen molar-refractivity contribution >= 4 is 38.7 Å². The van der Waals surface area contributed by atoms with Crippen LogP contribution in [-0.4, -0.2) is 25.5 Å². The first-order valence-corrected chi connectivity index (χ1v) is 7.71. The zero-order chi connectivity index (χ0) is 14.8. The number of halogens is 1. The first-order valence-electron chi connectivity index (χ1n) is 5.93. The monoisotopic (exact) mass is 361 g/mol. The summed E-state index contributed by atoms with van der Waals surface area (Å²) in [7, 11) is 0. The fraction of sp³-hybridized carbons (Fsp3) is 0.0769. The second-order valence-corrected chi connectivity index (χ2v) is 5.86. The number of para-hydroxylation sites is 1. The average Bonchev–Trinajstić information content (AvgIpc) is 2.95. The fourth-order valence-corrected chi connectivity index (χ4v) is 3.04. The first kappa shape index (κ1) is 13.9. The van der Waals surface area contributed by atoms with E-state index < -0.39 is 0 Å². The van der Waals surface area contributed by atoms with E-state index in [2.05, 4.69) is 31.1 Å². The van der Waals surface area contributed by atoms with E-state index in [0.29, 0.717) is 21.9 Å². The van der Waals surface area contributed by atoms with Crippen LogP contribution in [0.15, 0.2) is 44.9 Å². The molecular weight excluding hydrogens is 354 g/mol. The van der Waals surface area contributed by atoms with Gasteiger partial charge in [0.05, 0.1) is 23.7 Å². The Morgan fingerprint density at radius 2 is 2.24 bits per heavy atom. The van der Waals surface area contributed by atoms with Crippen LogP contribution >= 0.6 is 27.7 Å². The molecule has 0 saturated heterocycles. The molecule has 2 aromatic heterocycles. The SMILES string of the molecule is N#CCSc1nc2[nH]ncc2c(=O)n1-c1ccccc1Br. The molecule has 0 aliphatic rings. The van der Waals surface area contributed by atoms with Gasteiger partial charge in [0.15, 0.2) is 10.8 Å². The lowest BCUT2D eigenvalue weighted by molar-refractivity contribution is 0.814. The summed E-state index contributed by atoms with van der Waals surface area (Å²) >= 11 is 4.64. The molecule has 1 N–H and O–H groups in total. The Labute approximate surface area is 131 Å². The van der Waals surface area contributed by atoms with Crippen molar-refractivity contribution in [1.82, 2.24) is 19.7 Å². The molecule has 0 fully saturated rings. The van der Waals surface area contributed by atoms with Gasteiger partial charge in [0.1, 0.15) is 5.39 Å². The molecule has 0 amide bonds. The van der Waals surface area contributed by atoms with Crippen molar-refractivity contribution in [1.29, 1.82) is 5.26 Å². The Hall–Kier alpha value is -2.11. The summed E-state index contributed by atoms with van der Waals surface area (Å²) in [5, 5.41) is 16.2. The predicted molar refractivity (Wildman–Crippen MR) is 83.5 cm³/mol. The molecule has 1 aromatic carbocycles. The Morgan fingerprint density at radius 1 is 1.43 bits per heavy atom. The summed E-state index contributed by atoms with van der Waals surface area (Å²) in [5.74, 6) is 0.205. The van der Waals surface area contributed by atoms with Gasteiger partial charge in [-0.3, -0.25) is 14.5 Å². The van der Waals surface area contributed by atoms with Crippen LogP contribution in [0.4, 0.5) is 0 Å². The van der Waals surface area contributed by atoms with Crippen LogP contribution in [0.5, 0.6) is 0 Å². The fourth-order valence-electron chi connectivity index (χ4n) is 1.91. The van der Waals surface area contributed by atoms with E-state index in [0.717, 1.165) is 4.47 Å². The number of H-pyrrole nitrogens is 1. The zero-order valence-corrected chi connectivity index (χ0v) is 13.0. The maximum absolute atomic E-state index is 12.7. The van der Waals surface area contributed by atoms with E-state index in [1.165, 1.54) is 22.5 Å². The van der Waals surface area contributed by atoms with Crippen LogP contribution in [-0.2, 0) is 0 Å². The number of hydrogen-bond donors (Lipinski definition) is 1. The lowest BCUT2D eigenvalue weighted by Gasteiger charge is -2.12. The van der Waals surface area contributed by atoms with Gasteiger partial charge in [-0.05, 0) is 28.1 Å². The highest BCUT2D eigenvalue weighted by Gasteiger charge is 2.15. The van der Waals surface area contributed by atoms with Gasteiger partial charge in [-0.2, -0.15) is 10.4 Å². The Kier molecular flexibility index (Phi) is 3.77. The van der Waals surface area contributed by atoms with Gasteiger partial charge < -0.3 is 0 Å². The number of benzene rings is 1. The Bertz CT molecular complexity index is 911. The summed E-state index contributed by atoms with van der Waals surface area (Å²) < 4.78 is 2.26. The van der Waals surface area contributed by atoms with Crippen LogP contribution in [0.2, 0.25) is 0 Å². The van der Waals surface area contributed by atoms with Crippen molar-refractivity contribution in [2.45, 2.75) is 5.16 Å². The van der Waals surface area contributed by atoms with E-state index in [4.69, 9.17) is 5.26 Å². The van der Waals surface area contributed by atoms with Crippen molar-refractivity contribution < 1.29 is 0 Å². The molecule has 0 atom stereocenters. The number of rotatable bonds is 3. The number of fused-ring (bicyclic) bond motifs is 1. The van der Waals surface area contributed by atoms with Gasteiger partial charge in [0.25, 0.3) is 5.56 Å². The highest BCUT2D eigenvalue weighted by molar-refractivity contribution is 9.10. The molecule has 2 heterocycles. The van der Waals surface area contributed by atoms with Crippen LogP contribution in [0, 0.1) is 11.3 Å². The number of nitrogens with one attached hydrogen (secondary N) is 1. The lowest BCUT2D eigenvalue weighted by atomic mass is 10.3. The molecule has 6 nitrogen and oxygen atoms in total. The minimum atomic E-state index is -0.221. The molecule has 0 radical (unpaired) electrons. The van der Waals surface area contributed by atoms with Gasteiger partial charge in [-0.15, -0.1) is 0 Å². The van der Waals surface area contributed by atoms with Crippen molar-refractivity contribution in [3.63, 3.8) is 0 Å². The molecule has 104 valence electrons. The molecule has 0 aliphatic heterocycles. The van der Waals surface area contributed by atoms with Gasteiger partial charge in [-0.1, -0.05) is 23.9 Å². The van der Waals surface area contributed by atoms with Gasteiger partial charge in [0.2, 0.25) is 0 Å². The van der Waals surface area contributed by atoms with Crippen LogP contribution < -0.4 is 5.56 Å². The van der Waals surface area contributed by atoms with Gasteiger partial charge in [0, 0.05) is 4.47 Å². The molecule has 0 bridgehead atoms. The minimum absolute atomic E-state index is 0.205. The van der Waals surface area contributed by atoms with E-state index in [9.17, 15) is 4.79 Å². The quantitative estimate of drug-likeness (QED) is 0.571. The normalized spacial score (nSPS) is 10.7. The van der Waals surface area contributed by atoms with Gasteiger partial charge in [-0.25, -0.2) is 4.98 Å². The smallest absolute Gasteiger partial charge is 0.268 e. The summed E-state index contributed by atoms with van der Waals surface area (Å²) in [5.41, 5.74) is 0.878. The summed E-state index contributed by atoms with van der Waals surface area (Å²) in [6.07, 6.45) is 1.46. The molecule has 0 aliphatic carbocycles. The maximum Gasteiger partial charge on any atom is 0.269 e. The second-order valence-electron chi connectivity index (χ2n) is 4.07. The number of hydrogen-bond acceptors (Lipinski definition) is 5. The summed E-state index contributed by atoms with van der Waals surface area (Å²) in [4.78, 5) is 17.1. The molecule has 0 saturated carbocycles. The molecule has 0 unspecified atom stereocenters. The Morgan fingerprint density at radius 3 is 3.00 bits per heavy atom. The largest absolute Gasteiger partial charge is 0.269 e. The van der Waals surface area contributed by atoms with Gasteiger partial charge >= 0.3 is 0 Å². The lowest BCUT2D eigenvalue weighted by Crippen LogP contribution is -2.21. The first-order chi connectivity index (χ1) is 10.2. The third-order valence-electron chi connectivity index (χ3n) is 2.81. The minimum Gasteiger partial charge on any atom is -0.268 e. The number of aromatic amines is 1. The highest BCUT2D eigenvalue weighted by atomic mass is 79.9. The number of aromatic nitrogens is 4. The second kappa shape index (κ2) is 5.71. The van der Waals surface area contributed by atoms with Crippen molar-refractivity contribution in [3.8, 4) is 11.8 Å². The average molecular weight is 362 g/mol. The van der Waals surface area contributed by atoms with Crippen molar-refractivity contribution in [2.75, 3.05) is 5.75 Å². The molecule has 8 heteroatoms.